The molecule has 1 aliphatic rings. The molecule has 11 heteroatoms. The zero-order valence-corrected chi connectivity index (χ0v) is 21.5. The fourth-order valence-electron chi connectivity index (χ4n) is 4.06. The van der Waals surface area contributed by atoms with Crippen LogP contribution in [0.4, 0.5) is 10.5 Å². The number of amides is 2. The zero-order valence-electron chi connectivity index (χ0n) is 19.9. The highest BCUT2D eigenvalue weighted by Crippen LogP contribution is 2.26. The predicted octanol–water partition coefficient (Wildman–Crippen LogP) is 4.14. The van der Waals surface area contributed by atoms with Crippen LogP contribution in [-0.2, 0) is 6.54 Å². The van der Waals surface area contributed by atoms with Crippen molar-refractivity contribution in [3.63, 3.8) is 0 Å². The van der Waals surface area contributed by atoms with E-state index in [9.17, 15) is 9.59 Å². The number of hydrogen-bond acceptors (Lipinski definition) is 7. The Morgan fingerprint density at radius 1 is 1.14 bits per heavy atom. The van der Waals surface area contributed by atoms with Crippen molar-refractivity contribution >= 4 is 39.6 Å². The number of halogens is 1. The van der Waals surface area contributed by atoms with Crippen molar-refractivity contribution in [3.8, 4) is 16.3 Å². The molecule has 2 aromatic heterocycles. The molecule has 0 unspecified atom stereocenters. The molecule has 4 aromatic rings. The number of fused-ring (bicyclic) bond motifs is 1. The first-order valence-corrected chi connectivity index (χ1v) is 12.7. The van der Waals surface area contributed by atoms with E-state index < -0.39 is 0 Å². The fourth-order valence-corrected chi connectivity index (χ4v) is 5.17. The summed E-state index contributed by atoms with van der Waals surface area (Å²) in [4.78, 5) is 34.7. The molecule has 1 aliphatic heterocycles. The Bertz CT molecular complexity index is 1460. The standard InChI is InChI=1S/C25H25ClN6O3S/c1-16-20(26)4-3-5-21(16)28-24(34)31-12-10-30(11-13-31)15-18-14-22(33)32-25(27-18)36-23(29-32)17-6-8-19(35-2)9-7-17/h3-9,14H,10-13,15H2,1-2H3,(H,28,34). The molecule has 0 spiro atoms. The van der Waals surface area contributed by atoms with E-state index in [-0.39, 0.29) is 11.6 Å². The van der Waals surface area contributed by atoms with Gasteiger partial charge in [0.25, 0.3) is 5.56 Å². The summed E-state index contributed by atoms with van der Waals surface area (Å²) in [6, 6.07) is 14.4. The summed E-state index contributed by atoms with van der Waals surface area (Å²) in [6.45, 7) is 4.94. The van der Waals surface area contributed by atoms with E-state index in [1.54, 1.807) is 18.1 Å². The van der Waals surface area contributed by atoms with Gasteiger partial charge >= 0.3 is 6.03 Å². The topological polar surface area (TPSA) is 92.1 Å². The zero-order chi connectivity index (χ0) is 25.2. The highest BCUT2D eigenvalue weighted by Gasteiger charge is 2.22. The van der Waals surface area contributed by atoms with E-state index in [4.69, 9.17) is 16.3 Å². The van der Waals surface area contributed by atoms with E-state index in [0.717, 1.165) is 16.9 Å². The third-order valence-corrected chi connectivity index (χ3v) is 7.56. The van der Waals surface area contributed by atoms with Crippen molar-refractivity contribution in [3.05, 3.63) is 75.2 Å². The Morgan fingerprint density at radius 3 is 2.61 bits per heavy atom. The van der Waals surface area contributed by atoms with Gasteiger partial charge in [0.15, 0.2) is 0 Å². The Morgan fingerprint density at radius 2 is 1.89 bits per heavy atom. The highest BCUT2D eigenvalue weighted by molar-refractivity contribution is 7.19. The predicted molar refractivity (Wildman–Crippen MR) is 141 cm³/mol. The summed E-state index contributed by atoms with van der Waals surface area (Å²) in [5.41, 5.74) is 2.94. The molecule has 1 saturated heterocycles. The molecule has 5 rings (SSSR count). The average Bonchev–Trinajstić information content (AvgIpc) is 3.32. The summed E-state index contributed by atoms with van der Waals surface area (Å²) in [6.07, 6.45) is 0. The number of carbonyl (C=O) groups excluding carboxylic acids is 1. The van der Waals surface area contributed by atoms with Crippen molar-refractivity contribution in [2.24, 2.45) is 0 Å². The van der Waals surface area contributed by atoms with Crippen LogP contribution in [0.25, 0.3) is 15.5 Å². The lowest BCUT2D eigenvalue weighted by Gasteiger charge is -2.34. The highest BCUT2D eigenvalue weighted by atomic mass is 35.5. The molecule has 3 heterocycles. The lowest BCUT2D eigenvalue weighted by molar-refractivity contribution is 0.142. The number of nitrogens with zero attached hydrogens (tertiary/aromatic N) is 5. The molecule has 36 heavy (non-hydrogen) atoms. The Labute approximate surface area is 216 Å². The van der Waals surface area contributed by atoms with Gasteiger partial charge in [-0.25, -0.2) is 9.78 Å². The Balaban J connectivity index is 1.23. The quantitative estimate of drug-likeness (QED) is 0.422. The van der Waals surface area contributed by atoms with Crippen molar-refractivity contribution in [1.82, 2.24) is 24.4 Å². The van der Waals surface area contributed by atoms with Gasteiger partial charge in [-0.15, -0.1) is 0 Å². The van der Waals surface area contributed by atoms with E-state index in [1.807, 2.05) is 43.3 Å². The van der Waals surface area contributed by atoms with Gasteiger partial charge in [-0.05, 0) is 48.9 Å². The van der Waals surface area contributed by atoms with E-state index >= 15 is 0 Å². The van der Waals surface area contributed by atoms with E-state index in [2.05, 4.69) is 20.3 Å². The molecular weight excluding hydrogens is 500 g/mol. The van der Waals surface area contributed by atoms with Crippen molar-refractivity contribution in [2.45, 2.75) is 13.5 Å². The number of urea groups is 1. The third-order valence-electron chi connectivity index (χ3n) is 6.19. The van der Waals surface area contributed by atoms with Crippen molar-refractivity contribution in [1.29, 1.82) is 0 Å². The third kappa shape index (κ3) is 5.06. The summed E-state index contributed by atoms with van der Waals surface area (Å²) >= 11 is 7.53. The van der Waals surface area contributed by atoms with Gasteiger partial charge in [0, 0.05) is 55.1 Å². The summed E-state index contributed by atoms with van der Waals surface area (Å²) < 4.78 is 6.55. The maximum Gasteiger partial charge on any atom is 0.321 e. The van der Waals surface area contributed by atoms with Gasteiger partial charge in [-0.2, -0.15) is 9.61 Å². The summed E-state index contributed by atoms with van der Waals surface area (Å²) in [5.74, 6) is 0.759. The van der Waals surface area contributed by atoms with E-state index in [0.29, 0.717) is 59.1 Å². The molecule has 0 radical (unpaired) electrons. The number of hydrogen-bond donors (Lipinski definition) is 1. The molecule has 0 bridgehead atoms. The van der Waals surface area contributed by atoms with Gasteiger partial charge in [0.05, 0.1) is 12.8 Å². The Kier molecular flexibility index (Phi) is 6.90. The second-order valence-electron chi connectivity index (χ2n) is 8.52. The van der Waals surface area contributed by atoms with Crippen LogP contribution in [0, 0.1) is 6.92 Å². The smallest absolute Gasteiger partial charge is 0.321 e. The molecular formula is C25H25ClN6O3S. The van der Waals surface area contributed by atoms with Crippen molar-refractivity contribution in [2.75, 3.05) is 38.6 Å². The molecule has 1 fully saturated rings. The molecule has 1 N–H and O–H groups in total. The number of anilines is 1. The first-order valence-electron chi connectivity index (χ1n) is 11.5. The molecule has 2 amide bonds. The SMILES string of the molecule is COc1ccc(-c2nn3c(=O)cc(CN4CCN(C(=O)Nc5cccc(Cl)c5C)CC4)nc3s2)cc1. The number of piperazine rings is 1. The van der Waals surface area contributed by atoms with Crippen LogP contribution in [0.2, 0.25) is 5.02 Å². The van der Waals surface area contributed by atoms with Crippen LogP contribution >= 0.6 is 22.9 Å². The first kappa shape index (κ1) is 24.2. The maximum absolute atomic E-state index is 12.7. The monoisotopic (exact) mass is 524 g/mol. The minimum atomic E-state index is -0.207. The minimum Gasteiger partial charge on any atom is -0.497 e. The van der Waals surface area contributed by atoms with Crippen LogP contribution in [-0.4, -0.2) is 63.7 Å². The molecule has 186 valence electrons. The fraction of sp³-hybridized carbons (Fsp3) is 0.280. The number of aromatic nitrogens is 3. The van der Waals surface area contributed by atoms with Crippen LogP contribution in [0.15, 0.2) is 53.3 Å². The summed E-state index contributed by atoms with van der Waals surface area (Å²) in [7, 11) is 1.62. The van der Waals surface area contributed by atoms with E-state index in [1.165, 1.54) is 21.9 Å². The van der Waals surface area contributed by atoms with Crippen LogP contribution in [0.3, 0.4) is 0 Å². The Hall–Kier alpha value is -3.47. The lowest BCUT2D eigenvalue weighted by Crippen LogP contribution is -2.49. The van der Waals surface area contributed by atoms with Crippen molar-refractivity contribution < 1.29 is 9.53 Å². The average molecular weight is 525 g/mol. The molecule has 2 aromatic carbocycles. The van der Waals surface area contributed by atoms with Gasteiger partial charge in [-0.3, -0.25) is 9.69 Å². The number of carbonyl (C=O) groups is 1. The second kappa shape index (κ2) is 10.3. The molecule has 9 nitrogen and oxygen atoms in total. The number of ether oxygens (including phenoxy) is 1. The van der Waals surface area contributed by atoms with Gasteiger partial charge in [0.2, 0.25) is 4.96 Å². The van der Waals surface area contributed by atoms with Crippen LogP contribution in [0.1, 0.15) is 11.3 Å². The number of nitrogens with one attached hydrogen (secondary N) is 1. The minimum absolute atomic E-state index is 0.145. The molecule has 0 saturated carbocycles. The first-order chi connectivity index (χ1) is 17.4. The maximum atomic E-state index is 12.7. The number of benzene rings is 2. The van der Waals surface area contributed by atoms with Crippen LogP contribution < -0.4 is 15.6 Å². The van der Waals surface area contributed by atoms with Gasteiger partial charge in [-0.1, -0.05) is 29.0 Å². The summed E-state index contributed by atoms with van der Waals surface area (Å²) in [5, 5.41) is 8.73. The number of methoxy groups -OCH3 is 1. The molecule has 0 aliphatic carbocycles. The van der Waals surface area contributed by atoms with Gasteiger partial charge in [0.1, 0.15) is 10.8 Å². The van der Waals surface area contributed by atoms with Crippen LogP contribution in [0.5, 0.6) is 5.75 Å². The lowest BCUT2D eigenvalue weighted by atomic mass is 10.2. The largest absolute Gasteiger partial charge is 0.497 e. The normalized spacial score (nSPS) is 14.2. The number of rotatable bonds is 5. The second-order valence-corrected chi connectivity index (χ2v) is 9.88. The molecule has 0 atom stereocenters. The van der Waals surface area contributed by atoms with Gasteiger partial charge < -0.3 is 15.0 Å².